The highest BCUT2D eigenvalue weighted by Gasteiger charge is 2.28. The minimum Gasteiger partial charge on any atom is -0.341 e. The molecule has 0 unspecified atom stereocenters. The first kappa shape index (κ1) is 16.0. The summed E-state index contributed by atoms with van der Waals surface area (Å²) in [5.74, 6) is 1.26. The summed E-state index contributed by atoms with van der Waals surface area (Å²) in [6, 6.07) is 8.34. The largest absolute Gasteiger partial charge is 0.341 e. The molecule has 1 aliphatic rings. The van der Waals surface area contributed by atoms with E-state index in [1.807, 2.05) is 4.90 Å². The fraction of sp³-hybridized carbons (Fsp3) is 0.611. The second kappa shape index (κ2) is 7.08. The monoisotopic (exact) mass is 288 g/mol. The third-order valence-electron chi connectivity index (χ3n) is 3.86. The van der Waals surface area contributed by atoms with Gasteiger partial charge in [0.05, 0.1) is 6.04 Å². The van der Waals surface area contributed by atoms with Gasteiger partial charge in [-0.05, 0) is 29.4 Å². The van der Waals surface area contributed by atoms with Gasteiger partial charge in [0, 0.05) is 19.6 Å². The molecule has 21 heavy (non-hydrogen) atoms. The van der Waals surface area contributed by atoms with E-state index in [2.05, 4.69) is 57.3 Å². The SMILES string of the molecule is CC(C)CN(CC(C)C)C(=O)[C@H]1Cc2ccccc2CN1. The zero-order valence-electron chi connectivity index (χ0n) is 13.7. The number of carbonyl (C=O) groups is 1. The average Bonchev–Trinajstić information content (AvgIpc) is 2.44. The first-order chi connectivity index (χ1) is 9.97. The van der Waals surface area contributed by atoms with E-state index in [1.54, 1.807) is 0 Å². The van der Waals surface area contributed by atoms with E-state index in [-0.39, 0.29) is 11.9 Å². The Kier molecular flexibility index (Phi) is 5.40. The summed E-state index contributed by atoms with van der Waals surface area (Å²) in [7, 11) is 0. The highest BCUT2D eigenvalue weighted by Crippen LogP contribution is 2.18. The highest BCUT2D eigenvalue weighted by molar-refractivity contribution is 5.82. The molecule has 0 aromatic heterocycles. The predicted octanol–water partition coefficient (Wildman–Crippen LogP) is 2.84. The molecule has 1 aromatic rings. The molecular weight excluding hydrogens is 260 g/mol. The van der Waals surface area contributed by atoms with Crippen LogP contribution in [0.15, 0.2) is 24.3 Å². The van der Waals surface area contributed by atoms with Crippen LogP contribution in [0.3, 0.4) is 0 Å². The number of nitrogens with one attached hydrogen (secondary N) is 1. The fourth-order valence-electron chi connectivity index (χ4n) is 2.99. The number of fused-ring (bicyclic) bond motifs is 1. The van der Waals surface area contributed by atoms with Gasteiger partial charge in [0.15, 0.2) is 0 Å². The second-order valence-corrected chi connectivity index (χ2v) is 6.94. The van der Waals surface area contributed by atoms with Crippen LogP contribution in [0, 0.1) is 11.8 Å². The van der Waals surface area contributed by atoms with Crippen molar-refractivity contribution < 1.29 is 4.79 Å². The number of rotatable bonds is 5. The van der Waals surface area contributed by atoms with Crippen molar-refractivity contribution in [1.29, 1.82) is 0 Å². The van der Waals surface area contributed by atoms with Gasteiger partial charge in [0.1, 0.15) is 0 Å². The fourth-order valence-corrected chi connectivity index (χ4v) is 2.99. The molecule has 1 aromatic carbocycles. The Morgan fingerprint density at radius 3 is 2.29 bits per heavy atom. The molecule has 0 saturated heterocycles. The summed E-state index contributed by atoms with van der Waals surface area (Å²) < 4.78 is 0. The highest BCUT2D eigenvalue weighted by atomic mass is 16.2. The first-order valence-electron chi connectivity index (χ1n) is 8.06. The lowest BCUT2D eigenvalue weighted by molar-refractivity contribution is -0.134. The molecule has 1 aliphatic heterocycles. The molecular formula is C18H28N2O. The Morgan fingerprint density at radius 1 is 1.14 bits per heavy atom. The number of amides is 1. The van der Waals surface area contributed by atoms with Gasteiger partial charge in [0.2, 0.25) is 5.91 Å². The third kappa shape index (κ3) is 4.31. The molecule has 0 radical (unpaired) electrons. The maximum atomic E-state index is 12.8. The van der Waals surface area contributed by atoms with Crippen LogP contribution in [-0.2, 0) is 17.8 Å². The standard InChI is InChI=1S/C18H28N2O/c1-13(2)11-20(12-14(3)4)18(21)17-9-15-7-5-6-8-16(15)10-19-17/h5-8,13-14,17,19H,9-12H2,1-4H3/t17-/m1/s1. The molecule has 0 spiro atoms. The summed E-state index contributed by atoms with van der Waals surface area (Å²) >= 11 is 0. The quantitative estimate of drug-likeness (QED) is 0.903. The average molecular weight is 288 g/mol. The van der Waals surface area contributed by atoms with Crippen molar-refractivity contribution in [3.05, 3.63) is 35.4 Å². The summed E-state index contributed by atoms with van der Waals surface area (Å²) in [5, 5.41) is 3.41. The lowest BCUT2D eigenvalue weighted by atomic mass is 9.95. The topological polar surface area (TPSA) is 32.3 Å². The van der Waals surface area contributed by atoms with Crippen LogP contribution in [0.25, 0.3) is 0 Å². The molecule has 0 saturated carbocycles. The van der Waals surface area contributed by atoms with Crippen LogP contribution >= 0.6 is 0 Å². The number of benzene rings is 1. The Bertz CT molecular complexity index is 472. The lowest BCUT2D eigenvalue weighted by Gasteiger charge is -2.33. The normalized spacial score (nSPS) is 17.9. The number of nitrogens with zero attached hydrogens (tertiary/aromatic N) is 1. The molecule has 0 aliphatic carbocycles. The molecule has 3 nitrogen and oxygen atoms in total. The van der Waals surface area contributed by atoms with Crippen LogP contribution in [-0.4, -0.2) is 29.9 Å². The number of hydrogen-bond donors (Lipinski definition) is 1. The molecule has 2 rings (SSSR count). The summed E-state index contributed by atoms with van der Waals surface area (Å²) in [4.78, 5) is 14.9. The second-order valence-electron chi connectivity index (χ2n) is 6.94. The number of hydrogen-bond acceptors (Lipinski definition) is 2. The lowest BCUT2D eigenvalue weighted by Crippen LogP contribution is -2.51. The maximum absolute atomic E-state index is 12.8. The first-order valence-corrected chi connectivity index (χ1v) is 8.06. The predicted molar refractivity (Wildman–Crippen MR) is 87.0 cm³/mol. The van der Waals surface area contributed by atoms with Gasteiger partial charge in [-0.3, -0.25) is 4.79 Å². The molecule has 0 fully saturated rings. The van der Waals surface area contributed by atoms with Crippen LogP contribution < -0.4 is 5.32 Å². The number of carbonyl (C=O) groups excluding carboxylic acids is 1. The van der Waals surface area contributed by atoms with Gasteiger partial charge in [-0.25, -0.2) is 0 Å². The smallest absolute Gasteiger partial charge is 0.240 e. The zero-order chi connectivity index (χ0) is 15.4. The third-order valence-corrected chi connectivity index (χ3v) is 3.86. The van der Waals surface area contributed by atoms with E-state index in [0.29, 0.717) is 11.8 Å². The molecule has 3 heteroatoms. The van der Waals surface area contributed by atoms with Crippen LogP contribution in [0.2, 0.25) is 0 Å². The Morgan fingerprint density at radius 2 is 1.71 bits per heavy atom. The summed E-state index contributed by atoms with van der Waals surface area (Å²) in [5.41, 5.74) is 2.63. The van der Waals surface area contributed by atoms with Gasteiger partial charge in [-0.1, -0.05) is 52.0 Å². The molecule has 1 heterocycles. The maximum Gasteiger partial charge on any atom is 0.240 e. The minimum absolute atomic E-state index is 0.0719. The van der Waals surface area contributed by atoms with Crippen LogP contribution in [0.1, 0.15) is 38.8 Å². The van der Waals surface area contributed by atoms with E-state index in [1.165, 1.54) is 11.1 Å². The van der Waals surface area contributed by atoms with Crippen LogP contribution in [0.5, 0.6) is 0 Å². The van der Waals surface area contributed by atoms with Crippen LogP contribution in [0.4, 0.5) is 0 Å². The van der Waals surface area contributed by atoms with Crippen molar-refractivity contribution in [2.45, 2.75) is 46.7 Å². The van der Waals surface area contributed by atoms with E-state index >= 15 is 0 Å². The summed E-state index contributed by atoms with van der Waals surface area (Å²) in [6.45, 7) is 11.2. The Labute approximate surface area is 128 Å². The summed E-state index contributed by atoms with van der Waals surface area (Å²) in [6.07, 6.45) is 0.807. The minimum atomic E-state index is -0.0719. The van der Waals surface area contributed by atoms with Gasteiger partial charge in [-0.15, -0.1) is 0 Å². The Balaban J connectivity index is 2.07. The van der Waals surface area contributed by atoms with Gasteiger partial charge < -0.3 is 10.2 Å². The van der Waals surface area contributed by atoms with E-state index in [9.17, 15) is 4.79 Å². The molecule has 0 bridgehead atoms. The molecule has 116 valence electrons. The zero-order valence-corrected chi connectivity index (χ0v) is 13.7. The van der Waals surface area contributed by atoms with Gasteiger partial charge in [-0.2, -0.15) is 0 Å². The molecule has 1 atom stereocenters. The van der Waals surface area contributed by atoms with Crippen molar-refractivity contribution in [2.24, 2.45) is 11.8 Å². The molecule has 1 amide bonds. The van der Waals surface area contributed by atoms with Gasteiger partial charge in [0.25, 0.3) is 0 Å². The Hall–Kier alpha value is -1.35. The van der Waals surface area contributed by atoms with E-state index < -0.39 is 0 Å². The van der Waals surface area contributed by atoms with E-state index in [0.717, 1.165) is 26.1 Å². The van der Waals surface area contributed by atoms with Gasteiger partial charge >= 0.3 is 0 Å². The van der Waals surface area contributed by atoms with Crippen molar-refractivity contribution in [2.75, 3.05) is 13.1 Å². The van der Waals surface area contributed by atoms with Crippen molar-refractivity contribution in [3.63, 3.8) is 0 Å². The van der Waals surface area contributed by atoms with Crippen molar-refractivity contribution in [3.8, 4) is 0 Å². The van der Waals surface area contributed by atoms with E-state index in [4.69, 9.17) is 0 Å². The van der Waals surface area contributed by atoms with Crippen molar-refractivity contribution in [1.82, 2.24) is 10.2 Å². The van der Waals surface area contributed by atoms with Crippen molar-refractivity contribution >= 4 is 5.91 Å². The molecule has 1 N–H and O–H groups in total.